The van der Waals surface area contributed by atoms with Crippen molar-refractivity contribution < 1.29 is 0 Å². The van der Waals surface area contributed by atoms with Crippen LogP contribution in [0.5, 0.6) is 0 Å². The summed E-state index contributed by atoms with van der Waals surface area (Å²) < 4.78 is 0. The number of hydrogen-bond donors (Lipinski definition) is 0. The zero-order valence-electron chi connectivity index (χ0n) is 9.92. The van der Waals surface area contributed by atoms with Gasteiger partial charge in [0.1, 0.15) is 5.16 Å². The second-order valence-electron chi connectivity index (χ2n) is 4.57. The summed E-state index contributed by atoms with van der Waals surface area (Å²) in [4.78, 5) is 8.74. The molecule has 3 rings (SSSR count). The Morgan fingerprint density at radius 2 is 2.06 bits per heavy atom. The summed E-state index contributed by atoms with van der Waals surface area (Å²) in [5, 5.41) is 0.634. The molecular weight excluding hydrogens is 232 g/mol. The van der Waals surface area contributed by atoms with E-state index in [9.17, 15) is 0 Å². The Morgan fingerprint density at radius 1 is 1.24 bits per heavy atom. The van der Waals surface area contributed by atoms with Crippen LogP contribution < -0.4 is 0 Å². The van der Waals surface area contributed by atoms with Gasteiger partial charge in [0.05, 0.1) is 6.54 Å². The number of fused-ring (bicyclic) bond motifs is 1. The molecule has 0 aromatic heterocycles. The first kappa shape index (κ1) is 10.7. The molecule has 0 saturated heterocycles. The lowest BCUT2D eigenvalue weighted by molar-refractivity contribution is 1.11. The maximum atomic E-state index is 6.16. The van der Waals surface area contributed by atoms with Gasteiger partial charge >= 0.3 is 0 Å². The molecule has 0 spiro atoms. The quantitative estimate of drug-likeness (QED) is 0.672. The Bertz CT molecular complexity index is 594. The number of hydrogen-bond acceptors (Lipinski definition) is 2. The minimum absolute atomic E-state index is 0.634. The molecule has 0 unspecified atom stereocenters. The van der Waals surface area contributed by atoms with E-state index in [2.05, 4.69) is 35.1 Å². The summed E-state index contributed by atoms with van der Waals surface area (Å²) in [6.07, 6.45) is 0.855. The molecule has 2 nitrogen and oxygen atoms in total. The number of aliphatic imine (C=N–C) groups is 2. The van der Waals surface area contributed by atoms with Crippen LogP contribution >= 0.6 is 11.6 Å². The van der Waals surface area contributed by atoms with Crippen LogP contribution in [-0.4, -0.2) is 11.4 Å². The highest BCUT2D eigenvalue weighted by Gasteiger charge is 2.18. The number of benzene rings is 1. The average molecular weight is 245 g/mol. The second kappa shape index (κ2) is 3.81. The van der Waals surface area contributed by atoms with Crippen molar-refractivity contribution in [2.45, 2.75) is 26.8 Å². The summed E-state index contributed by atoms with van der Waals surface area (Å²) in [5.74, 6) is 0. The van der Waals surface area contributed by atoms with E-state index in [1.807, 2.05) is 6.92 Å². The minimum Gasteiger partial charge on any atom is -0.285 e. The SMILES string of the molecule is CC1=NC(Cl)=C(c2ccc3c(c2)C(C)=NC3)C1. The largest absolute Gasteiger partial charge is 0.285 e. The standard InChI is InChI=1S/C14H13ClN2/c1-8-5-13(14(15)17-8)10-3-4-11-7-16-9(2)12(11)6-10/h3-4,6H,5,7H2,1-2H3. The summed E-state index contributed by atoms with van der Waals surface area (Å²) in [6, 6.07) is 6.46. The van der Waals surface area contributed by atoms with Gasteiger partial charge in [-0.25, -0.2) is 4.99 Å². The first-order valence-corrected chi connectivity index (χ1v) is 6.10. The monoisotopic (exact) mass is 244 g/mol. The highest BCUT2D eigenvalue weighted by Crippen LogP contribution is 2.33. The predicted molar refractivity (Wildman–Crippen MR) is 72.9 cm³/mol. The van der Waals surface area contributed by atoms with Crippen LogP contribution in [0.4, 0.5) is 0 Å². The van der Waals surface area contributed by atoms with E-state index in [4.69, 9.17) is 11.6 Å². The predicted octanol–water partition coefficient (Wildman–Crippen LogP) is 3.78. The van der Waals surface area contributed by atoms with Crippen molar-refractivity contribution in [1.82, 2.24) is 0 Å². The van der Waals surface area contributed by atoms with Crippen molar-refractivity contribution in [3.05, 3.63) is 40.0 Å². The lowest BCUT2D eigenvalue weighted by atomic mass is 9.97. The fourth-order valence-corrected chi connectivity index (χ4v) is 2.67. The first-order chi connectivity index (χ1) is 8.15. The Morgan fingerprint density at radius 3 is 2.76 bits per heavy atom. The zero-order valence-corrected chi connectivity index (χ0v) is 10.7. The molecule has 1 aromatic carbocycles. The number of halogens is 1. The van der Waals surface area contributed by atoms with E-state index in [1.165, 1.54) is 16.7 Å². The Balaban J connectivity index is 2.05. The van der Waals surface area contributed by atoms with E-state index in [1.54, 1.807) is 0 Å². The first-order valence-electron chi connectivity index (χ1n) is 5.72. The Labute approximate surface area is 106 Å². The van der Waals surface area contributed by atoms with Crippen LogP contribution in [0.25, 0.3) is 5.57 Å². The molecule has 2 aliphatic heterocycles. The van der Waals surface area contributed by atoms with Crippen LogP contribution in [0.15, 0.2) is 33.3 Å². The second-order valence-corrected chi connectivity index (χ2v) is 4.92. The molecular formula is C14H13ClN2. The normalized spacial score (nSPS) is 18.3. The summed E-state index contributed by atoms with van der Waals surface area (Å²) in [5.41, 5.74) is 7.06. The molecule has 0 bridgehead atoms. The summed E-state index contributed by atoms with van der Waals surface area (Å²) in [7, 11) is 0. The maximum absolute atomic E-state index is 6.16. The van der Waals surface area contributed by atoms with Crippen LogP contribution in [0.2, 0.25) is 0 Å². The minimum atomic E-state index is 0.634. The van der Waals surface area contributed by atoms with Gasteiger partial charge in [-0.2, -0.15) is 0 Å². The molecule has 0 atom stereocenters. The lowest BCUT2D eigenvalue weighted by Gasteiger charge is -2.06. The third-order valence-corrected chi connectivity index (χ3v) is 3.62. The van der Waals surface area contributed by atoms with E-state index < -0.39 is 0 Å². The van der Waals surface area contributed by atoms with Gasteiger partial charge in [-0.05, 0) is 31.0 Å². The van der Waals surface area contributed by atoms with E-state index >= 15 is 0 Å². The maximum Gasteiger partial charge on any atom is 0.133 e. The van der Waals surface area contributed by atoms with Crippen LogP contribution in [0.3, 0.4) is 0 Å². The Hall–Kier alpha value is -1.41. The number of allylic oxidation sites excluding steroid dienone is 1. The molecule has 0 N–H and O–H groups in total. The fourth-order valence-electron chi connectivity index (χ4n) is 2.35. The van der Waals surface area contributed by atoms with Gasteiger partial charge in [0, 0.05) is 29.0 Å². The van der Waals surface area contributed by atoms with Gasteiger partial charge in [-0.3, -0.25) is 4.99 Å². The molecule has 0 fully saturated rings. The molecule has 0 amide bonds. The van der Waals surface area contributed by atoms with Gasteiger partial charge in [0.25, 0.3) is 0 Å². The molecule has 0 saturated carbocycles. The van der Waals surface area contributed by atoms with Crippen LogP contribution in [0, 0.1) is 0 Å². The molecule has 0 aliphatic carbocycles. The number of nitrogens with zero attached hydrogens (tertiary/aromatic N) is 2. The molecule has 0 radical (unpaired) electrons. The molecule has 3 heteroatoms. The third kappa shape index (κ3) is 1.73. The molecule has 1 aromatic rings. The van der Waals surface area contributed by atoms with E-state index in [0.717, 1.165) is 30.0 Å². The van der Waals surface area contributed by atoms with E-state index in [-0.39, 0.29) is 0 Å². The van der Waals surface area contributed by atoms with Crippen molar-refractivity contribution >= 4 is 28.6 Å². The Kier molecular flexibility index (Phi) is 2.40. The van der Waals surface area contributed by atoms with Crippen molar-refractivity contribution in [2.75, 3.05) is 0 Å². The fraction of sp³-hybridized carbons (Fsp3) is 0.286. The van der Waals surface area contributed by atoms with Crippen LogP contribution in [-0.2, 0) is 6.54 Å². The smallest absolute Gasteiger partial charge is 0.133 e. The van der Waals surface area contributed by atoms with Crippen molar-refractivity contribution in [3.8, 4) is 0 Å². The highest BCUT2D eigenvalue weighted by molar-refractivity contribution is 6.35. The van der Waals surface area contributed by atoms with Gasteiger partial charge in [-0.15, -0.1) is 0 Å². The molecule has 17 heavy (non-hydrogen) atoms. The van der Waals surface area contributed by atoms with Gasteiger partial charge in [0.2, 0.25) is 0 Å². The van der Waals surface area contributed by atoms with Crippen molar-refractivity contribution in [3.63, 3.8) is 0 Å². The topological polar surface area (TPSA) is 24.7 Å². The van der Waals surface area contributed by atoms with Crippen LogP contribution in [0.1, 0.15) is 37.0 Å². The van der Waals surface area contributed by atoms with Gasteiger partial charge in [0.15, 0.2) is 0 Å². The lowest BCUT2D eigenvalue weighted by Crippen LogP contribution is -1.95. The third-order valence-electron chi connectivity index (χ3n) is 3.31. The highest BCUT2D eigenvalue weighted by atomic mass is 35.5. The summed E-state index contributed by atoms with van der Waals surface area (Å²) in [6.45, 7) is 4.88. The van der Waals surface area contributed by atoms with Gasteiger partial charge in [-0.1, -0.05) is 23.7 Å². The molecule has 2 aliphatic rings. The van der Waals surface area contributed by atoms with Crippen molar-refractivity contribution in [2.24, 2.45) is 9.98 Å². The van der Waals surface area contributed by atoms with Gasteiger partial charge < -0.3 is 0 Å². The van der Waals surface area contributed by atoms with Crippen molar-refractivity contribution in [1.29, 1.82) is 0 Å². The average Bonchev–Trinajstić information content (AvgIpc) is 2.83. The number of rotatable bonds is 1. The molecule has 2 heterocycles. The summed E-state index contributed by atoms with van der Waals surface area (Å²) >= 11 is 6.16. The molecule has 86 valence electrons. The van der Waals surface area contributed by atoms with E-state index in [0.29, 0.717) is 5.16 Å². The zero-order chi connectivity index (χ0) is 12.0.